The van der Waals surface area contributed by atoms with Crippen LogP contribution in [0.25, 0.3) is 11.2 Å². The number of hydrogen-bond acceptors (Lipinski definition) is 6. The van der Waals surface area contributed by atoms with E-state index in [1.54, 1.807) is 30.3 Å². The summed E-state index contributed by atoms with van der Waals surface area (Å²) in [6, 6.07) is 8.45. The van der Waals surface area contributed by atoms with Crippen LogP contribution in [0.15, 0.2) is 36.7 Å². The summed E-state index contributed by atoms with van der Waals surface area (Å²) in [4.78, 5) is 11.8. The maximum Gasteiger partial charge on any atom is 0.236 e. The van der Waals surface area contributed by atoms with Crippen LogP contribution < -0.4 is 10.5 Å². The fourth-order valence-corrected chi connectivity index (χ4v) is 2.84. The maximum atomic E-state index is 14.5. The van der Waals surface area contributed by atoms with E-state index in [1.165, 1.54) is 10.9 Å². The van der Waals surface area contributed by atoms with Gasteiger partial charge in [0.1, 0.15) is 11.3 Å². The van der Waals surface area contributed by atoms with Crippen molar-refractivity contribution in [1.82, 2.24) is 19.5 Å². The monoisotopic (exact) mass is 367 g/mol. The minimum atomic E-state index is -1.99. The minimum Gasteiger partial charge on any atom is -0.462 e. The molecular weight excluding hydrogens is 356 g/mol. The Morgan fingerprint density at radius 3 is 2.68 bits per heavy atom. The molecule has 25 heavy (non-hydrogen) atoms. The first-order valence-electron chi connectivity index (χ1n) is 7.35. The third-order valence-electron chi connectivity index (χ3n) is 3.78. The highest BCUT2D eigenvalue weighted by atomic mass is 35.5. The summed E-state index contributed by atoms with van der Waals surface area (Å²) in [6.45, 7) is 0. The molecule has 4 rings (SSSR count). The van der Waals surface area contributed by atoms with Crippen molar-refractivity contribution >= 4 is 28.7 Å². The Bertz CT molecular complexity index is 910. The molecule has 10 heteroatoms. The summed E-state index contributed by atoms with van der Waals surface area (Å²) in [7, 11) is 0. The third-order valence-corrected chi connectivity index (χ3v) is 4.04. The molecule has 4 atom stereocenters. The van der Waals surface area contributed by atoms with Gasteiger partial charge in [-0.15, -0.1) is 0 Å². The highest BCUT2D eigenvalue weighted by molar-refractivity contribution is 6.33. The lowest BCUT2D eigenvalue weighted by molar-refractivity contribution is -0.114. The van der Waals surface area contributed by atoms with Crippen LogP contribution in [0.1, 0.15) is 6.23 Å². The number of imidazole rings is 1. The maximum absolute atomic E-state index is 14.5. The van der Waals surface area contributed by atoms with E-state index < -0.39 is 24.9 Å². The van der Waals surface area contributed by atoms with Gasteiger partial charge >= 0.3 is 0 Å². The molecular formula is C15H12ClF2N5O2. The topological polar surface area (TPSA) is 88.1 Å². The highest BCUT2D eigenvalue weighted by Crippen LogP contribution is 2.37. The van der Waals surface area contributed by atoms with Crippen LogP contribution in [-0.2, 0) is 4.74 Å². The lowest BCUT2D eigenvalue weighted by Gasteiger charge is -2.16. The van der Waals surface area contributed by atoms with Crippen LogP contribution in [0.3, 0.4) is 0 Å². The SMILES string of the molecule is Nc1nc(Cl)c2ncn([C@@H]3O[C@H](Oc4ccccc4)C(F)[C@@H]3F)c2n1. The van der Waals surface area contributed by atoms with Crippen LogP contribution in [-0.4, -0.2) is 38.2 Å². The molecule has 1 saturated heterocycles. The first kappa shape index (κ1) is 16.0. The molecule has 0 bridgehead atoms. The number of nitrogens with two attached hydrogens (primary N) is 1. The molecule has 3 aromatic rings. The van der Waals surface area contributed by atoms with Gasteiger partial charge in [0.05, 0.1) is 6.33 Å². The lowest BCUT2D eigenvalue weighted by atomic mass is 10.2. The molecule has 1 aromatic carbocycles. The smallest absolute Gasteiger partial charge is 0.236 e. The second-order valence-electron chi connectivity index (χ2n) is 5.41. The number of anilines is 1. The number of rotatable bonds is 3. The molecule has 0 aliphatic carbocycles. The van der Waals surface area contributed by atoms with Gasteiger partial charge in [-0.25, -0.2) is 13.8 Å². The highest BCUT2D eigenvalue weighted by Gasteiger charge is 2.49. The molecule has 0 amide bonds. The Hall–Kier alpha value is -2.52. The summed E-state index contributed by atoms with van der Waals surface area (Å²) in [5.74, 6) is 0.259. The zero-order valence-corrected chi connectivity index (χ0v) is 13.3. The van der Waals surface area contributed by atoms with Crippen molar-refractivity contribution < 1.29 is 18.3 Å². The summed E-state index contributed by atoms with van der Waals surface area (Å²) in [6.07, 6.45) is -5.45. The van der Waals surface area contributed by atoms with E-state index in [0.717, 1.165) is 0 Å². The van der Waals surface area contributed by atoms with E-state index in [1.807, 2.05) is 0 Å². The Kier molecular flexibility index (Phi) is 3.89. The fourth-order valence-electron chi connectivity index (χ4n) is 2.62. The predicted octanol–water partition coefficient (Wildman–Crippen LogP) is 2.67. The van der Waals surface area contributed by atoms with Crippen molar-refractivity contribution in [2.24, 2.45) is 0 Å². The number of benzene rings is 1. The van der Waals surface area contributed by atoms with Crippen molar-refractivity contribution in [1.29, 1.82) is 0 Å². The summed E-state index contributed by atoms with van der Waals surface area (Å²) >= 11 is 5.94. The molecule has 0 radical (unpaired) electrons. The minimum absolute atomic E-state index is 0.0172. The van der Waals surface area contributed by atoms with Crippen molar-refractivity contribution in [2.45, 2.75) is 24.9 Å². The van der Waals surface area contributed by atoms with Gasteiger partial charge in [0, 0.05) is 0 Å². The average Bonchev–Trinajstić information content (AvgIpc) is 3.12. The van der Waals surface area contributed by atoms with Gasteiger partial charge in [-0.3, -0.25) is 4.57 Å². The predicted molar refractivity (Wildman–Crippen MR) is 85.5 cm³/mol. The fraction of sp³-hybridized carbons (Fsp3) is 0.267. The number of nitrogens with zero attached hydrogens (tertiary/aromatic N) is 4. The van der Waals surface area contributed by atoms with Gasteiger partial charge in [0.15, 0.2) is 29.4 Å². The normalized spacial score (nSPS) is 26.2. The second-order valence-corrected chi connectivity index (χ2v) is 5.77. The van der Waals surface area contributed by atoms with Crippen LogP contribution in [0.2, 0.25) is 5.15 Å². The average molecular weight is 368 g/mol. The van der Waals surface area contributed by atoms with E-state index in [-0.39, 0.29) is 22.3 Å². The van der Waals surface area contributed by atoms with E-state index >= 15 is 0 Å². The lowest BCUT2D eigenvalue weighted by Crippen LogP contribution is -2.28. The standard InChI is InChI=1S/C15H12ClF2N5O2/c16-11-10-12(22-15(19)21-11)23(6-20-10)13-8(17)9(18)14(25-13)24-7-4-2-1-3-5-7/h1-6,8-9,13-14H,(H2,19,21,22)/t8-,9?,13+,14-/m0/s1. The summed E-state index contributed by atoms with van der Waals surface area (Å²) < 4.78 is 40.9. The summed E-state index contributed by atoms with van der Waals surface area (Å²) in [5, 5.41) is 0.0172. The van der Waals surface area contributed by atoms with Crippen LogP contribution in [0.4, 0.5) is 14.7 Å². The molecule has 0 saturated carbocycles. The first-order valence-corrected chi connectivity index (χ1v) is 7.73. The van der Waals surface area contributed by atoms with Crippen molar-refractivity contribution in [3.8, 4) is 5.75 Å². The molecule has 7 nitrogen and oxygen atoms in total. The molecule has 1 aliphatic heterocycles. The third kappa shape index (κ3) is 2.75. The van der Waals surface area contributed by atoms with Gasteiger partial charge in [0.2, 0.25) is 12.2 Å². The van der Waals surface area contributed by atoms with Gasteiger partial charge in [0.25, 0.3) is 0 Å². The number of aromatic nitrogens is 4. The number of alkyl halides is 2. The molecule has 2 aromatic heterocycles. The van der Waals surface area contributed by atoms with Crippen molar-refractivity contribution in [3.63, 3.8) is 0 Å². The number of halogens is 3. The van der Waals surface area contributed by atoms with E-state index in [0.29, 0.717) is 5.75 Å². The molecule has 1 aliphatic rings. The van der Waals surface area contributed by atoms with Crippen molar-refractivity contribution in [3.05, 3.63) is 41.8 Å². The molecule has 3 heterocycles. The Morgan fingerprint density at radius 1 is 1.16 bits per heavy atom. The quantitative estimate of drug-likeness (QED) is 0.716. The zero-order valence-electron chi connectivity index (χ0n) is 12.6. The second kappa shape index (κ2) is 6.08. The molecule has 2 N–H and O–H groups in total. The van der Waals surface area contributed by atoms with E-state index in [9.17, 15) is 8.78 Å². The number of fused-ring (bicyclic) bond motifs is 1. The molecule has 0 spiro atoms. The molecule has 1 unspecified atom stereocenters. The van der Waals surface area contributed by atoms with Gasteiger partial charge in [-0.05, 0) is 12.1 Å². The largest absolute Gasteiger partial charge is 0.462 e. The molecule has 130 valence electrons. The van der Waals surface area contributed by atoms with Crippen LogP contribution in [0.5, 0.6) is 5.75 Å². The molecule has 1 fully saturated rings. The van der Waals surface area contributed by atoms with Gasteiger partial charge < -0.3 is 15.2 Å². The number of ether oxygens (including phenoxy) is 2. The summed E-state index contributed by atoms with van der Waals surface area (Å²) in [5.41, 5.74) is 5.93. The van der Waals surface area contributed by atoms with E-state index in [2.05, 4.69) is 15.0 Å². The zero-order chi connectivity index (χ0) is 17.6. The van der Waals surface area contributed by atoms with Gasteiger partial charge in [-0.2, -0.15) is 9.97 Å². The Labute approximate surface area is 145 Å². The van der Waals surface area contributed by atoms with Crippen LogP contribution in [0, 0.1) is 0 Å². The number of hydrogen-bond donors (Lipinski definition) is 1. The Morgan fingerprint density at radius 2 is 1.92 bits per heavy atom. The van der Waals surface area contributed by atoms with Crippen molar-refractivity contribution in [2.75, 3.05) is 5.73 Å². The van der Waals surface area contributed by atoms with Crippen LogP contribution >= 0.6 is 11.6 Å². The first-order chi connectivity index (χ1) is 12.0. The number of para-hydroxylation sites is 1. The Balaban J connectivity index is 1.65. The number of nitrogen functional groups attached to an aromatic ring is 1. The van der Waals surface area contributed by atoms with Gasteiger partial charge in [-0.1, -0.05) is 29.8 Å². The van der Waals surface area contributed by atoms with E-state index in [4.69, 9.17) is 26.8 Å².